The number of hydrogen-bond donors (Lipinski definition) is 0. The zero-order valence-corrected chi connectivity index (χ0v) is 25.6. The Morgan fingerprint density at radius 3 is 0.406 bits per heavy atom. The zero-order chi connectivity index (χ0) is 25.6. The quantitative estimate of drug-likeness (QED) is 0.340. The first-order valence-corrected chi connectivity index (χ1v) is 15.9. The number of fused-ring (bicyclic) bond motifs is 2. The Bertz CT molecular complexity index is 189. The molecule has 0 spiro atoms. The summed E-state index contributed by atoms with van der Waals surface area (Å²) >= 11 is 0. The lowest BCUT2D eigenvalue weighted by atomic mass is 9.71. The monoisotopic (exact) mass is 457 g/mol. The molecule has 0 nitrogen and oxygen atoms in total. The molecule has 0 bridgehead atoms. The molecular formula is C32H72. The van der Waals surface area contributed by atoms with Crippen LogP contribution in [-0.4, -0.2) is 0 Å². The van der Waals surface area contributed by atoms with Gasteiger partial charge in [0, 0.05) is 0 Å². The zero-order valence-electron chi connectivity index (χ0n) is 25.6. The predicted octanol–water partition coefficient (Wildman–Crippen LogP) is 12.9. The molecule has 0 radical (unpaired) electrons. The van der Waals surface area contributed by atoms with Crippen molar-refractivity contribution >= 4 is 0 Å². The van der Waals surface area contributed by atoms with Crippen LogP contribution in [0, 0.1) is 23.7 Å². The van der Waals surface area contributed by atoms with Gasteiger partial charge >= 0.3 is 0 Å². The summed E-state index contributed by atoms with van der Waals surface area (Å²) in [6.07, 6.45) is 24.7. The summed E-state index contributed by atoms with van der Waals surface area (Å²) in [6.45, 7) is 24.0. The van der Waals surface area contributed by atoms with Gasteiger partial charge in [-0.05, 0) is 23.7 Å². The van der Waals surface area contributed by atoms with Crippen LogP contribution in [-0.2, 0) is 0 Å². The van der Waals surface area contributed by atoms with Crippen LogP contribution in [0.5, 0.6) is 0 Å². The van der Waals surface area contributed by atoms with E-state index in [2.05, 4.69) is 0 Å². The smallest absolute Gasteiger partial charge is 0.0386 e. The molecule has 0 aromatic carbocycles. The summed E-state index contributed by atoms with van der Waals surface area (Å²) in [5.74, 6) is 4.62. The maximum Gasteiger partial charge on any atom is -0.0386 e. The van der Waals surface area contributed by atoms with E-state index in [0.717, 1.165) is 23.7 Å². The van der Waals surface area contributed by atoms with Gasteiger partial charge < -0.3 is 0 Å². The van der Waals surface area contributed by atoms with Crippen molar-refractivity contribution in [3.05, 3.63) is 0 Å². The Kier molecular flexibility index (Phi) is 43.6. The molecule has 32 heavy (non-hydrogen) atoms. The fraction of sp³-hybridized carbons (Fsp3) is 1.00. The van der Waals surface area contributed by atoms with E-state index < -0.39 is 0 Å². The average Bonchev–Trinajstić information content (AvgIpc) is 2.96. The second kappa shape index (κ2) is 35.6. The average molecular weight is 457 g/mol. The molecule has 4 fully saturated rings. The summed E-state index contributed by atoms with van der Waals surface area (Å²) in [7, 11) is 0. The van der Waals surface area contributed by atoms with Crippen LogP contribution in [0.4, 0.5) is 0 Å². The van der Waals surface area contributed by atoms with Crippen LogP contribution in [0.25, 0.3) is 0 Å². The normalized spacial score (nSPS) is 26.6. The van der Waals surface area contributed by atoms with Crippen LogP contribution in [0.15, 0.2) is 0 Å². The molecule has 200 valence electrons. The van der Waals surface area contributed by atoms with Gasteiger partial charge in [0.05, 0.1) is 0 Å². The maximum atomic E-state index is 2.00. The van der Waals surface area contributed by atoms with E-state index in [0.29, 0.717) is 0 Å². The highest BCUT2D eigenvalue weighted by Gasteiger charge is 2.27. The minimum atomic E-state index is 1.16. The number of rotatable bonds is 0. The van der Waals surface area contributed by atoms with Crippen molar-refractivity contribution in [2.75, 3.05) is 0 Å². The van der Waals surface area contributed by atoms with Gasteiger partial charge in [0.2, 0.25) is 0 Å². The molecule has 4 saturated carbocycles. The summed E-state index contributed by atoms with van der Waals surface area (Å²) in [5, 5.41) is 0. The fourth-order valence-electron chi connectivity index (χ4n) is 5.72. The molecular weight excluding hydrogens is 384 g/mol. The molecule has 0 aliphatic heterocycles. The fourth-order valence-corrected chi connectivity index (χ4v) is 5.72. The summed E-state index contributed by atoms with van der Waals surface area (Å²) in [6, 6.07) is 0. The molecule has 0 heterocycles. The van der Waals surface area contributed by atoms with Gasteiger partial charge in [-0.1, -0.05) is 186 Å². The van der Waals surface area contributed by atoms with Crippen LogP contribution >= 0.6 is 0 Å². The van der Waals surface area contributed by atoms with E-state index in [1.165, 1.54) is 51.4 Å². The molecule has 0 unspecified atom stereocenters. The summed E-state index contributed by atoms with van der Waals surface area (Å²) in [5.41, 5.74) is 0. The molecule has 0 N–H and O–H groups in total. The maximum absolute atomic E-state index is 2.00. The molecule has 4 aliphatic carbocycles. The van der Waals surface area contributed by atoms with Gasteiger partial charge in [0.25, 0.3) is 0 Å². The molecule has 0 aromatic rings. The highest BCUT2D eigenvalue weighted by atomic mass is 14.3. The van der Waals surface area contributed by atoms with Gasteiger partial charge in [-0.2, -0.15) is 0 Å². The highest BCUT2D eigenvalue weighted by molar-refractivity contribution is 4.79. The van der Waals surface area contributed by atoms with Gasteiger partial charge in [0.15, 0.2) is 0 Å². The van der Waals surface area contributed by atoms with Gasteiger partial charge in [-0.25, -0.2) is 0 Å². The molecule has 4 rings (SSSR count). The minimum Gasteiger partial charge on any atom is -0.0683 e. The van der Waals surface area contributed by atoms with Crippen molar-refractivity contribution in [3.8, 4) is 0 Å². The van der Waals surface area contributed by atoms with Gasteiger partial charge in [-0.3, -0.25) is 0 Å². The van der Waals surface area contributed by atoms with Crippen LogP contribution in [0.1, 0.15) is 186 Å². The van der Waals surface area contributed by atoms with E-state index in [9.17, 15) is 0 Å². The Morgan fingerprint density at radius 2 is 0.312 bits per heavy atom. The minimum absolute atomic E-state index is 1.16. The third kappa shape index (κ3) is 19.5. The van der Waals surface area contributed by atoms with Crippen molar-refractivity contribution < 1.29 is 0 Å². The van der Waals surface area contributed by atoms with E-state index in [-0.39, 0.29) is 0 Å². The SMILES string of the molecule is C1CCC2CCCCC2C1.C1CCC2CCCCC2C1.CC.CC.CC.CC.CC.CC. The lowest BCUT2D eigenvalue weighted by Gasteiger charge is -2.35. The van der Waals surface area contributed by atoms with Gasteiger partial charge in [-0.15, -0.1) is 0 Å². The first-order chi connectivity index (χ1) is 15.9. The third-order valence-electron chi connectivity index (χ3n) is 6.93. The van der Waals surface area contributed by atoms with Crippen molar-refractivity contribution in [2.45, 2.75) is 186 Å². The third-order valence-corrected chi connectivity index (χ3v) is 6.93. The molecule has 4 aliphatic rings. The topological polar surface area (TPSA) is 0 Å². The van der Waals surface area contributed by atoms with Crippen molar-refractivity contribution in [1.29, 1.82) is 0 Å². The predicted molar refractivity (Wildman–Crippen MR) is 156 cm³/mol. The second-order valence-corrected chi connectivity index (χ2v) is 8.18. The summed E-state index contributed by atoms with van der Waals surface area (Å²) < 4.78 is 0. The van der Waals surface area contributed by atoms with Gasteiger partial charge in [0.1, 0.15) is 0 Å². The number of hydrogen-bond acceptors (Lipinski definition) is 0. The second-order valence-electron chi connectivity index (χ2n) is 8.18. The Balaban J connectivity index is -0.000000168. The van der Waals surface area contributed by atoms with Crippen LogP contribution in [0.3, 0.4) is 0 Å². The standard InChI is InChI=1S/2C10H18.6C2H6/c2*1-2-6-10-8-4-3-7-9(10)5-1;6*1-2/h2*9-10H,1-8H2;6*1-2H3. The molecule has 0 amide bonds. The van der Waals surface area contributed by atoms with Crippen molar-refractivity contribution in [3.63, 3.8) is 0 Å². The van der Waals surface area contributed by atoms with E-state index in [1.807, 2.05) is 83.1 Å². The van der Waals surface area contributed by atoms with E-state index >= 15 is 0 Å². The molecule has 0 atom stereocenters. The van der Waals surface area contributed by atoms with E-state index in [4.69, 9.17) is 0 Å². The highest BCUT2D eigenvalue weighted by Crippen LogP contribution is 2.40. The Morgan fingerprint density at radius 1 is 0.219 bits per heavy atom. The summed E-state index contributed by atoms with van der Waals surface area (Å²) in [4.78, 5) is 0. The largest absolute Gasteiger partial charge is 0.0683 e. The van der Waals surface area contributed by atoms with E-state index in [1.54, 1.807) is 51.4 Å². The van der Waals surface area contributed by atoms with Crippen molar-refractivity contribution in [2.24, 2.45) is 23.7 Å². The van der Waals surface area contributed by atoms with Crippen LogP contribution in [0.2, 0.25) is 0 Å². The first kappa shape index (κ1) is 39.2. The van der Waals surface area contributed by atoms with Crippen molar-refractivity contribution in [1.82, 2.24) is 0 Å². The lowest BCUT2D eigenvalue weighted by Crippen LogP contribution is -2.22. The molecule has 0 saturated heterocycles. The molecule has 0 aromatic heterocycles. The Hall–Kier alpha value is 0. The molecule has 0 heteroatoms. The lowest BCUT2D eigenvalue weighted by molar-refractivity contribution is 0.171. The van der Waals surface area contributed by atoms with Crippen LogP contribution < -0.4 is 0 Å². The Labute approximate surface area is 209 Å². The first-order valence-electron chi connectivity index (χ1n) is 15.9.